The van der Waals surface area contributed by atoms with E-state index in [-0.39, 0.29) is 12.0 Å². The minimum atomic E-state index is -0.109. The maximum atomic E-state index is 12.5. The summed E-state index contributed by atoms with van der Waals surface area (Å²) in [5, 5.41) is 2.96. The van der Waals surface area contributed by atoms with Crippen molar-refractivity contribution >= 4 is 5.91 Å². The first-order chi connectivity index (χ1) is 13.6. The molecule has 0 aromatic heterocycles. The third-order valence-corrected chi connectivity index (χ3v) is 4.98. The number of nitrogens with one attached hydrogen (secondary N) is 1. The van der Waals surface area contributed by atoms with Gasteiger partial charge in [0.05, 0.1) is 13.2 Å². The van der Waals surface area contributed by atoms with Crippen LogP contribution in [0.15, 0.2) is 42.5 Å². The minimum Gasteiger partial charge on any atom is -0.496 e. The smallest absolute Gasteiger partial charge is 0.251 e. The lowest BCUT2D eigenvalue weighted by atomic mass is 10.0. The van der Waals surface area contributed by atoms with Crippen LogP contribution in [-0.2, 0) is 11.3 Å². The van der Waals surface area contributed by atoms with Crippen molar-refractivity contribution < 1.29 is 19.0 Å². The molecular formula is C23H29NO4. The normalized spacial score (nSPS) is 16.2. The molecule has 1 fully saturated rings. The largest absolute Gasteiger partial charge is 0.496 e. The summed E-state index contributed by atoms with van der Waals surface area (Å²) >= 11 is 0. The fourth-order valence-electron chi connectivity index (χ4n) is 3.39. The van der Waals surface area contributed by atoms with Gasteiger partial charge in [-0.05, 0) is 48.6 Å². The maximum Gasteiger partial charge on any atom is 0.251 e. The first-order valence-electron chi connectivity index (χ1n) is 9.87. The summed E-state index contributed by atoms with van der Waals surface area (Å²) in [5.41, 5.74) is 2.59. The Labute approximate surface area is 167 Å². The Balaban J connectivity index is 1.69. The molecule has 1 saturated heterocycles. The fraction of sp³-hybridized carbons (Fsp3) is 0.435. The molecule has 1 aliphatic heterocycles. The predicted octanol–water partition coefficient (Wildman–Crippen LogP) is 4.31. The summed E-state index contributed by atoms with van der Waals surface area (Å²) < 4.78 is 17.1. The highest BCUT2D eigenvalue weighted by atomic mass is 16.5. The Morgan fingerprint density at radius 3 is 2.75 bits per heavy atom. The van der Waals surface area contributed by atoms with Gasteiger partial charge in [0.15, 0.2) is 0 Å². The van der Waals surface area contributed by atoms with E-state index in [2.05, 4.69) is 25.2 Å². The molecule has 150 valence electrons. The molecule has 1 heterocycles. The van der Waals surface area contributed by atoms with Gasteiger partial charge >= 0.3 is 0 Å². The van der Waals surface area contributed by atoms with Gasteiger partial charge in [-0.3, -0.25) is 4.79 Å². The van der Waals surface area contributed by atoms with Crippen LogP contribution in [0.2, 0.25) is 0 Å². The number of methoxy groups -OCH3 is 1. The van der Waals surface area contributed by atoms with Gasteiger partial charge in [0.25, 0.3) is 5.91 Å². The Hall–Kier alpha value is -2.53. The average molecular weight is 383 g/mol. The van der Waals surface area contributed by atoms with Crippen LogP contribution >= 0.6 is 0 Å². The van der Waals surface area contributed by atoms with E-state index in [1.807, 2.05) is 30.3 Å². The Bertz CT molecular complexity index is 797. The number of carbonyl (C=O) groups excluding carboxylic acids is 1. The molecule has 1 amide bonds. The Morgan fingerprint density at radius 1 is 1.21 bits per heavy atom. The highest BCUT2D eigenvalue weighted by Crippen LogP contribution is 2.28. The molecule has 5 heteroatoms. The molecule has 28 heavy (non-hydrogen) atoms. The van der Waals surface area contributed by atoms with Gasteiger partial charge in [-0.2, -0.15) is 0 Å². The van der Waals surface area contributed by atoms with E-state index < -0.39 is 0 Å². The van der Waals surface area contributed by atoms with Crippen molar-refractivity contribution in [2.24, 2.45) is 0 Å². The van der Waals surface area contributed by atoms with E-state index in [4.69, 9.17) is 14.2 Å². The zero-order valence-electron chi connectivity index (χ0n) is 16.9. The summed E-state index contributed by atoms with van der Waals surface area (Å²) in [5.74, 6) is 1.82. The number of benzene rings is 2. The van der Waals surface area contributed by atoms with E-state index >= 15 is 0 Å². The Morgan fingerprint density at radius 2 is 2.04 bits per heavy atom. The van der Waals surface area contributed by atoms with Gasteiger partial charge in [0.2, 0.25) is 0 Å². The average Bonchev–Trinajstić information content (AvgIpc) is 3.24. The molecule has 0 bridgehead atoms. The van der Waals surface area contributed by atoms with Crippen molar-refractivity contribution in [1.29, 1.82) is 0 Å². The van der Waals surface area contributed by atoms with Crippen LogP contribution in [0.5, 0.6) is 11.5 Å². The molecule has 0 radical (unpaired) electrons. The topological polar surface area (TPSA) is 56.8 Å². The summed E-state index contributed by atoms with van der Waals surface area (Å²) in [6.07, 6.45) is 2.18. The minimum absolute atomic E-state index is 0.109. The lowest BCUT2D eigenvalue weighted by Crippen LogP contribution is -2.31. The van der Waals surface area contributed by atoms with Gasteiger partial charge in [-0.25, -0.2) is 0 Å². The number of para-hydroxylation sites is 1. The quantitative estimate of drug-likeness (QED) is 0.738. The van der Waals surface area contributed by atoms with Crippen LogP contribution in [0.1, 0.15) is 54.1 Å². The van der Waals surface area contributed by atoms with Gasteiger partial charge in [0.1, 0.15) is 18.1 Å². The van der Waals surface area contributed by atoms with Crippen molar-refractivity contribution in [2.45, 2.75) is 45.3 Å². The van der Waals surface area contributed by atoms with Gasteiger partial charge in [-0.15, -0.1) is 0 Å². The molecule has 1 aliphatic rings. The SMILES string of the molecule is COc1ccc(C(=O)NC[C@@H]2CCCO2)cc1COc1ccccc1C(C)C. The molecule has 0 unspecified atom stereocenters. The second-order valence-corrected chi connectivity index (χ2v) is 7.35. The first-order valence-corrected chi connectivity index (χ1v) is 9.87. The molecular weight excluding hydrogens is 354 g/mol. The maximum absolute atomic E-state index is 12.5. The zero-order chi connectivity index (χ0) is 19.9. The van der Waals surface area contributed by atoms with E-state index in [9.17, 15) is 4.79 Å². The first kappa shape index (κ1) is 20.2. The molecule has 5 nitrogen and oxygen atoms in total. The molecule has 3 rings (SSSR count). The summed E-state index contributed by atoms with van der Waals surface area (Å²) in [6, 6.07) is 13.5. The second kappa shape index (κ2) is 9.60. The van der Waals surface area contributed by atoms with E-state index in [1.54, 1.807) is 13.2 Å². The number of hydrogen-bond donors (Lipinski definition) is 1. The molecule has 2 aromatic carbocycles. The highest BCUT2D eigenvalue weighted by molar-refractivity contribution is 5.94. The number of rotatable bonds is 8. The van der Waals surface area contributed by atoms with Crippen LogP contribution in [0.25, 0.3) is 0 Å². The molecule has 0 spiro atoms. The lowest BCUT2D eigenvalue weighted by molar-refractivity contribution is 0.0857. The van der Waals surface area contributed by atoms with Crippen molar-refractivity contribution in [3.8, 4) is 11.5 Å². The zero-order valence-corrected chi connectivity index (χ0v) is 16.9. The summed E-state index contributed by atoms with van der Waals surface area (Å²) in [6.45, 7) is 5.93. The molecule has 2 aromatic rings. The predicted molar refractivity (Wildman–Crippen MR) is 109 cm³/mol. The standard InChI is InChI=1S/C23H29NO4/c1-16(2)20-8-4-5-9-22(20)28-15-18-13-17(10-11-21(18)26-3)23(25)24-14-19-7-6-12-27-19/h4-5,8-11,13,16,19H,6-7,12,14-15H2,1-3H3,(H,24,25)/t19-/m0/s1. The van der Waals surface area contributed by atoms with Crippen LogP contribution in [0.4, 0.5) is 0 Å². The molecule has 1 N–H and O–H groups in total. The van der Waals surface area contributed by atoms with Gasteiger partial charge in [0, 0.05) is 24.3 Å². The van der Waals surface area contributed by atoms with E-state index in [0.717, 1.165) is 36.3 Å². The summed E-state index contributed by atoms with van der Waals surface area (Å²) in [4.78, 5) is 12.5. The summed E-state index contributed by atoms with van der Waals surface area (Å²) in [7, 11) is 1.62. The third kappa shape index (κ3) is 5.04. The van der Waals surface area contributed by atoms with Crippen molar-refractivity contribution in [3.63, 3.8) is 0 Å². The van der Waals surface area contributed by atoms with E-state index in [1.165, 1.54) is 0 Å². The van der Waals surface area contributed by atoms with Crippen LogP contribution in [-0.4, -0.2) is 32.3 Å². The van der Waals surface area contributed by atoms with Crippen molar-refractivity contribution in [1.82, 2.24) is 5.32 Å². The van der Waals surface area contributed by atoms with Crippen LogP contribution in [0, 0.1) is 0 Å². The van der Waals surface area contributed by atoms with Crippen LogP contribution < -0.4 is 14.8 Å². The molecule has 1 atom stereocenters. The molecule has 0 saturated carbocycles. The number of hydrogen-bond acceptors (Lipinski definition) is 4. The van der Waals surface area contributed by atoms with Crippen molar-refractivity contribution in [2.75, 3.05) is 20.3 Å². The third-order valence-electron chi connectivity index (χ3n) is 4.98. The number of ether oxygens (including phenoxy) is 3. The Kier molecular flexibility index (Phi) is 6.93. The number of carbonyl (C=O) groups is 1. The molecule has 0 aliphatic carbocycles. The highest BCUT2D eigenvalue weighted by Gasteiger charge is 2.17. The lowest BCUT2D eigenvalue weighted by Gasteiger charge is -2.16. The fourth-order valence-corrected chi connectivity index (χ4v) is 3.39. The van der Waals surface area contributed by atoms with E-state index in [0.29, 0.717) is 30.4 Å². The van der Waals surface area contributed by atoms with Gasteiger partial charge in [-0.1, -0.05) is 32.0 Å². The van der Waals surface area contributed by atoms with Crippen LogP contribution in [0.3, 0.4) is 0 Å². The van der Waals surface area contributed by atoms with Crippen molar-refractivity contribution in [3.05, 3.63) is 59.2 Å². The second-order valence-electron chi connectivity index (χ2n) is 7.35. The van der Waals surface area contributed by atoms with Gasteiger partial charge < -0.3 is 19.5 Å². The monoisotopic (exact) mass is 383 g/mol. The number of amides is 1.